The zero-order valence-corrected chi connectivity index (χ0v) is 33.1. The van der Waals surface area contributed by atoms with Gasteiger partial charge in [-0.05, 0) is 48.2 Å². The first kappa shape index (κ1) is 42.5. The first-order valence-electron chi connectivity index (χ1n) is 19.3. The zero-order chi connectivity index (χ0) is 43.8. The van der Waals surface area contributed by atoms with Crippen LogP contribution in [0.4, 0.5) is 8.78 Å². The number of aromatic nitrogens is 4. The molecule has 61 heavy (non-hydrogen) atoms. The molecule has 2 fully saturated rings. The molecule has 4 amide bonds. The van der Waals surface area contributed by atoms with Gasteiger partial charge < -0.3 is 46.3 Å². The van der Waals surface area contributed by atoms with Crippen molar-refractivity contribution in [2.24, 2.45) is 5.73 Å². The van der Waals surface area contributed by atoms with Gasteiger partial charge in [-0.25, -0.2) is 18.7 Å². The highest BCUT2D eigenvalue weighted by atomic mass is 19.1. The molecule has 2 aromatic heterocycles. The normalized spacial score (nSPS) is 22.0. The Kier molecular flexibility index (Phi) is 11.7. The standard InChI is InChI=1S/C22H24FN5O6.C18H19FN4O4/c1-27(2)20(33)18(31)26-22-9-14(34-11-22)7-8-28-19(32)16(29)15(25-21(22)28)17(30)24-10-12-3-5-13(23)6-4-12;19-11-3-1-10(2-4-11)8-21-15(25)13-14(24)16(26)23-6-5-12-7-18(20,9-27-12)17(23)22-13/h3-6,14,29H,7-11H2,1-2H3,(H,24,30)(H,26,31);1-4,12,24H,5-9,20H2,(H,21,25). The van der Waals surface area contributed by atoms with Crippen LogP contribution < -0.4 is 32.8 Å². The molecule has 8 rings (SSSR count). The van der Waals surface area contributed by atoms with Gasteiger partial charge in [0.05, 0.1) is 25.4 Å². The number of nitrogens with zero attached hydrogens (tertiary/aromatic N) is 5. The van der Waals surface area contributed by atoms with Gasteiger partial charge in [0.2, 0.25) is 11.5 Å². The molecule has 0 saturated carbocycles. The van der Waals surface area contributed by atoms with Gasteiger partial charge in [-0.2, -0.15) is 0 Å². The molecule has 2 saturated heterocycles. The maximum absolute atomic E-state index is 13.1. The molecule has 4 atom stereocenters. The number of rotatable bonds is 7. The van der Waals surface area contributed by atoms with E-state index in [4.69, 9.17) is 15.2 Å². The number of likely N-dealkylation sites (N-methyl/N-ethyl adjacent to an activating group) is 1. The van der Waals surface area contributed by atoms with Crippen LogP contribution in [-0.2, 0) is 56.3 Å². The van der Waals surface area contributed by atoms with Crippen molar-refractivity contribution < 1.29 is 47.6 Å². The summed E-state index contributed by atoms with van der Waals surface area (Å²) in [6.07, 6.45) is 1.36. The minimum absolute atomic E-state index is 0.00303. The van der Waals surface area contributed by atoms with Gasteiger partial charge in [0.1, 0.15) is 34.4 Å². The monoisotopic (exact) mass is 847 g/mol. The lowest BCUT2D eigenvalue weighted by Crippen LogP contribution is -2.54. The third-order valence-corrected chi connectivity index (χ3v) is 10.9. The fraction of sp³-hybridized carbons (Fsp3) is 0.400. The molecule has 6 heterocycles. The summed E-state index contributed by atoms with van der Waals surface area (Å²) in [4.78, 5) is 85.3. The van der Waals surface area contributed by atoms with Gasteiger partial charge in [-0.1, -0.05) is 24.3 Å². The van der Waals surface area contributed by atoms with E-state index in [-0.39, 0.29) is 74.6 Å². The van der Waals surface area contributed by atoms with Crippen LogP contribution in [0.2, 0.25) is 0 Å². The number of ether oxygens (including phenoxy) is 2. The minimum atomic E-state index is -1.33. The molecule has 4 bridgehead atoms. The van der Waals surface area contributed by atoms with Gasteiger partial charge in [0.15, 0.2) is 11.4 Å². The van der Waals surface area contributed by atoms with Crippen molar-refractivity contribution in [3.63, 3.8) is 0 Å². The average Bonchev–Trinajstić information content (AvgIpc) is 3.75. The van der Waals surface area contributed by atoms with Gasteiger partial charge in [0.25, 0.3) is 22.9 Å². The molecule has 4 unspecified atom stereocenters. The minimum Gasteiger partial charge on any atom is -0.501 e. The van der Waals surface area contributed by atoms with Crippen LogP contribution >= 0.6 is 0 Å². The van der Waals surface area contributed by atoms with E-state index in [0.717, 1.165) is 4.90 Å². The second-order valence-corrected chi connectivity index (χ2v) is 15.5. The highest BCUT2D eigenvalue weighted by molar-refractivity contribution is 6.35. The number of fused-ring (bicyclic) bond motifs is 8. The van der Waals surface area contributed by atoms with Crippen molar-refractivity contribution in [2.45, 2.75) is 75.1 Å². The van der Waals surface area contributed by atoms with Crippen molar-refractivity contribution in [1.82, 2.24) is 40.0 Å². The predicted molar refractivity (Wildman–Crippen MR) is 208 cm³/mol. The van der Waals surface area contributed by atoms with Crippen LogP contribution in [-0.4, -0.2) is 97.4 Å². The number of halogens is 2. The molecule has 21 heteroatoms. The van der Waals surface area contributed by atoms with Crippen LogP contribution in [0.5, 0.6) is 11.5 Å². The fourth-order valence-corrected chi connectivity index (χ4v) is 7.71. The fourth-order valence-electron chi connectivity index (χ4n) is 7.71. The Morgan fingerprint density at radius 2 is 1.23 bits per heavy atom. The number of carbonyl (C=O) groups is 4. The summed E-state index contributed by atoms with van der Waals surface area (Å²) in [5, 5.41) is 28.5. The zero-order valence-electron chi connectivity index (χ0n) is 33.1. The van der Waals surface area contributed by atoms with Crippen molar-refractivity contribution in [2.75, 3.05) is 27.3 Å². The van der Waals surface area contributed by atoms with E-state index in [9.17, 15) is 47.8 Å². The second kappa shape index (κ2) is 16.8. The Morgan fingerprint density at radius 3 is 1.74 bits per heavy atom. The molecule has 4 aromatic rings. The summed E-state index contributed by atoms with van der Waals surface area (Å²) in [6.45, 7) is 0.704. The number of nitrogens with one attached hydrogen (secondary N) is 3. The van der Waals surface area contributed by atoms with Crippen molar-refractivity contribution in [1.29, 1.82) is 0 Å². The van der Waals surface area contributed by atoms with Crippen molar-refractivity contribution in [3.8, 4) is 11.5 Å². The van der Waals surface area contributed by atoms with Crippen molar-refractivity contribution in [3.05, 3.63) is 115 Å². The number of nitrogens with two attached hydrogens (primary N) is 1. The predicted octanol–water partition coefficient (Wildman–Crippen LogP) is -0.0251. The van der Waals surface area contributed by atoms with Crippen LogP contribution in [0, 0.1) is 11.6 Å². The molecule has 4 aliphatic rings. The molecule has 0 spiro atoms. The molecule has 0 radical (unpaired) electrons. The summed E-state index contributed by atoms with van der Waals surface area (Å²) >= 11 is 0. The molecule has 322 valence electrons. The maximum Gasteiger partial charge on any atom is 0.311 e. The first-order chi connectivity index (χ1) is 29.0. The molecule has 0 aliphatic carbocycles. The van der Waals surface area contributed by atoms with E-state index in [1.54, 1.807) is 0 Å². The van der Waals surface area contributed by atoms with E-state index in [2.05, 4.69) is 25.9 Å². The Labute approximate surface area is 345 Å². The SMILES string of the molecule is CN(C)C(=O)C(=O)NC12COC(CCn3c1nc(C(=O)NCc1ccc(F)cc1)c(O)c3=O)C2.NC12COC(CCn3c1nc(C(=O)NCc1ccc(F)cc1)c(O)c3=O)C2. The first-order valence-corrected chi connectivity index (χ1v) is 19.3. The van der Waals surface area contributed by atoms with Crippen LogP contribution in [0.25, 0.3) is 0 Å². The quantitative estimate of drug-likeness (QED) is 0.134. The number of carbonyl (C=O) groups excluding carboxylic acids is 4. The average molecular weight is 848 g/mol. The molecule has 4 aliphatic heterocycles. The highest BCUT2D eigenvalue weighted by Crippen LogP contribution is 2.38. The smallest absolute Gasteiger partial charge is 0.311 e. The van der Waals surface area contributed by atoms with Crippen molar-refractivity contribution >= 4 is 23.6 Å². The molecule has 19 nitrogen and oxygen atoms in total. The van der Waals surface area contributed by atoms with Crippen LogP contribution in [0.1, 0.15) is 69.4 Å². The lowest BCUT2D eigenvalue weighted by atomic mass is 9.94. The Morgan fingerprint density at radius 1 is 0.770 bits per heavy atom. The van der Waals surface area contributed by atoms with Gasteiger partial charge in [-0.15, -0.1) is 0 Å². The largest absolute Gasteiger partial charge is 0.501 e. The Hall–Kier alpha value is -6.58. The summed E-state index contributed by atoms with van der Waals surface area (Å²) < 4.78 is 40.0. The van der Waals surface area contributed by atoms with Gasteiger partial charge >= 0.3 is 11.8 Å². The maximum atomic E-state index is 13.1. The van der Waals surface area contributed by atoms with Crippen LogP contribution in [0.15, 0.2) is 58.1 Å². The Balaban J connectivity index is 0.000000189. The molecular weight excluding hydrogens is 804 g/mol. The summed E-state index contributed by atoms with van der Waals surface area (Å²) in [5.41, 5.74) is 2.93. The third-order valence-electron chi connectivity index (χ3n) is 10.9. The second-order valence-electron chi connectivity index (χ2n) is 15.5. The van der Waals surface area contributed by atoms with E-state index in [1.165, 1.54) is 71.8 Å². The van der Waals surface area contributed by atoms with Gasteiger partial charge in [0, 0.05) is 53.1 Å². The van der Waals surface area contributed by atoms with Gasteiger partial charge in [-0.3, -0.25) is 37.9 Å². The molecule has 7 N–H and O–H groups in total. The van der Waals surface area contributed by atoms with E-state index >= 15 is 0 Å². The molecule has 2 aromatic carbocycles. The van der Waals surface area contributed by atoms with E-state index < -0.39 is 68.8 Å². The number of hydrogen-bond donors (Lipinski definition) is 6. The van der Waals surface area contributed by atoms with E-state index in [0.29, 0.717) is 36.9 Å². The number of amides is 4. The van der Waals surface area contributed by atoms with Crippen LogP contribution in [0.3, 0.4) is 0 Å². The highest BCUT2D eigenvalue weighted by Gasteiger charge is 2.50. The molecular formula is C40H43F2N9O10. The lowest BCUT2D eigenvalue weighted by Gasteiger charge is -2.30. The Bertz CT molecular complexity index is 2510. The lowest BCUT2D eigenvalue weighted by molar-refractivity contribution is -0.145. The summed E-state index contributed by atoms with van der Waals surface area (Å²) in [5.74, 6) is -5.31. The van der Waals surface area contributed by atoms with E-state index in [1.807, 2.05) is 0 Å². The summed E-state index contributed by atoms with van der Waals surface area (Å²) in [6, 6.07) is 11.1. The topological polar surface area (TPSA) is 262 Å². The third kappa shape index (κ3) is 8.56. The number of benzene rings is 2. The summed E-state index contributed by atoms with van der Waals surface area (Å²) in [7, 11) is 2.86. The number of hydrogen-bond acceptors (Lipinski definition) is 13. The number of aromatic hydroxyl groups is 2.